The number of nitrogens with two attached hydrogens (primary N) is 1. The number of rotatable bonds is 2. The second-order valence-electron chi connectivity index (χ2n) is 2.37. The fourth-order valence-corrected chi connectivity index (χ4v) is 0.703. The van der Waals surface area contributed by atoms with E-state index >= 15 is 0 Å². The minimum absolute atomic E-state index is 0. The summed E-state index contributed by atoms with van der Waals surface area (Å²) in [5, 5.41) is 3.11. The van der Waals surface area contributed by atoms with Gasteiger partial charge in [-0.2, -0.15) is 0 Å². The quantitative estimate of drug-likeness (QED) is 0.639. The molecule has 13 heavy (non-hydrogen) atoms. The van der Waals surface area contributed by atoms with Gasteiger partial charge in [0.1, 0.15) is 0 Å². The molecule has 0 atom stereocenters. The van der Waals surface area contributed by atoms with Crippen molar-refractivity contribution in [2.75, 3.05) is 18.8 Å². The molecule has 0 aliphatic heterocycles. The molecule has 0 saturated carbocycles. The van der Waals surface area contributed by atoms with Crippen molar-refractivity contribution < 1.29 is 0 Å². The molecule has 0 aliphatic rings. The summed E-state index contributed by atoms with van der Waals surface area (Å²) in [6.45, 7) is 6.39. The van der Waals surface area contributed by atoms with Gasteiger partial charge in [-0.25, -0.2) is 0 Å². The van der Waals surface area contributed by atoms with Crippen LogP contribution >= 0.6 is 0 Å². The Morgan fingerprint density at radius 1 is 1.08 bits per heavy atom. The molecule has 0 aliphatic carbocycles. The van der Waals surface area contributed by atoms with Crippen LogP contribution in [0.1, 0.15) is 13.8 Å². The van der Waals surface area contributed by atoms with Crippen LogP contribution in [-0.2, 0) is 0 Å². The maximum atomic E-state index is 5.36. The molecule has 0 aromatic heterocycles. The number of hydrogen-bond acceptors (Lipinski definition) is 2. The van der Waals surface area contributed by atoms with Gasteiger partial charge >= 0.3 is 0 Å². The number of nitrogens with one attached hydrogen (secondary N) is 1. The van der Waals surface area contributed by atoms with Crippen LogP contribution in [0.25, 0.3) is 0 Å². The first-order valence-electron chi connectivity index (χ1n) is 4.32. The molecule has 1 rings (SSSR count). The Morgan fingerprint density at radius 2 is 1.54 bits per heavy atom. The molecular formula is C10H18N2Sb. The third-order valence-corrected chi connectivity index (χ3v) is 1.30. The molecule has 3 radical (unpaired) electrons. The zero-order chi connectivity index (χ0) is 9.23. The summed E-state index contributed by atoms with van der Waals surface area (Å²) >= 11 is 0. The second kappa shape index (κ2) is 11.8. The molecule has 1 aromatic carbocycles. The predicted octanol–water partition coefficient (Wildman–Crippen LogP) is 1.50. The molecule has 3 N–H and O–H groups in total. The van der Waals surface area contributed by atoms with E-state index in [2.05, 4.69) is 19.2 Å². The van der Waals surface area contributed by atoms with Gasteiger partial charge in [0.15, 0.2) is 0 Å². The van der Waals surface area contributed by atoms with Crippen LogP contribution in [-0.4, -0.2) is 37.5 Å². The summed E-state index contributed by atoms with van der Waals surface area (Å²) in [7, 11) is 0. The predicted molar refractivity (Wildman–Crippen MR) is 60.8 cm³/mol. The third-order valence-electron chi connectivity index (χ3n) is 1.30. The van der Waals surface area contributed by atoms with Crippen LogP contribution in [0, 0.1) is 0 Å². The van der Waals surface area contributed by atoms with Crippen molar-refractivity contribution in [2.24, 2.45) is 0 Å². The Balaban J connectivity index is 0. The van der Waals surface area contributed by atoms with Crippen LogP contribution in [0.2, 0.25) is 0 Å². The van der Waals surface area contributed by atoms with Crippen molar-refractivity contribution in [3.63, 3.8) is 0 Å². The van der Waals surface area contributed by atoms with Crippen LogP contribution in [0.4, 0.5) is 5.69 Å². The monoisotopic (exact) mass is 287 g/mol. The molecule has 0 unspecified atom stereocenters. The van der Waals surface area contributed by atoms with E-state index in [-0.39, 0.29) is 24.4 Å². The largest absolute Gasteiger partial charge is 0.399 e. The van der Waals surface area contributed by atoms with E-state index in [1.54, 1.807) is 0 Å². The summed E-state index contributed by atoms with van der Waals surface area (Å²) in [6, 6.07) is 9.49. The molecule has 1 aromatic rings. The molecule has 73 valence electrons. The number of nitrogen functional groups attached to an aromatic ring is 1. The summed E-state index contributed by atoms with van der Waals surface area (Å²) < 4.78 is 0. The number of hydrogen-bond donors (Lipinski definition) is 2. The average Bonchev–Trinajstić information content (AvgIpc) is 2.08. The van der Waals surface area contributed by atoms with Gasteiger partial charge in [0.05, 0.1) is 0 Å². The van der Waals surface area contributed by atoms with Gasteiger partial charge in [-0.05, 0) is 25.2 Å². The van der Waals surface area contributed by atoms with Gasteiger partial charge in [-0.3, -0.25) is 0 Å². The molecule has 0 bridgehead atoms. The summed E-state index contributed by atoms with van der Waals surface area (Å²) in [5.74, 6) is 0. The van der Waals surface area contributed by atoms with E-state index < -0.39 is 0 Å². The van der Waals surface area contributed by atoms with Crippen LogP contribution in [0.3, 0.4) is 0 Å². The molecule has 3 heteroatoms. The smallest absolute Gasteiger partial charge is 0.0313 e. The third kappa shape index (κ3) is 11.8. The molecule has 0 fully saturated rings. The SMILES string of the molecule is CCNCC.Nc1ccccc1.[Sb]. The Kier molecular flexibility index (Phi) is 13.9. The van der Waals surface area contributed by atoms with Crippen molar-refractivity contribution in [2.45, 2.75) is 13.8 Å². The fraction of sp³-hybridized carbons (Fsp3) is 0.400. The topological polar surface area (TPSA) is 38.0 Å². The first-order chi connectivity index (χ1) is 5.81. The van der Waals surface area contributed by atoms with Crippen LogP contribution < -0.4 is 11.1 Å². The molecule has 0 amide bonds. The van der Waals surface area contributed by atoms with E-state index in [1.165, 1.54) is 0 Å². The minimum atomic E-state index is 0. The fourth-order valence-electron chi connectivity index (χ4n) is 0.703. The Hall–Kier alpha value is -0.202. The standard InChI is InChI=1S/C6H7N.C4H11N.Sb/c7-6-4-2-1-3-5-6;1-3-5-4-2;/h1-5H,7H2;5H,3-4H2,1-2H3;. The second-order valence-corrected chi connectivity index (χ2v) is 2.37. The van der Waals surface area contributed by atoms with Crippen LogP contribution in [0.5, 0.6) is 0 Å². The van der Waals surface area contributed by atoms with Crippen molar-refractivity contribution in [3.8, 4) is 0 Å². The van der Waals surface area contributed by atoms with Gasteiger partial charge in [0.2, 0.25) is 0 Å². The summed E-state index contributed by atoms with van der Waals surface area (Å²) in [6.07, 6.45) is 0. The molecule has 0 spiro atoms. The average molecular weight is 288 g/mol. The molecule has 0 saturated heterocycles. The van der Waals surface area contributed by atoms with Gasteiger partial charge < -0.3 is 11.1 Å². The number of benzene rings is 1. The van der Waals surface area contributed by atoms with E-state index in [4.69, 9.17) is 5.73 Å². The van der Waals surface area contributed by atoms with Gasteiger partial charge in [0, 0.05) is 30.1 Å². The van der Waals surface area contributed by atoms with Gasteiger partial charge in [-0.1, -0.05) is 32.0 Å². The van der Waals surface area contributed by atoms with Crippen molar-refractivity contribution in [1.82, 2.24) is 5.32 Å². The minimum Gasteiger partial charge on any atom is -0.399 e. The number of para-hydroxylation sites is 1. The zero-order valence-corrected chi connectivity index (χ0v) is 10.9. The molecule has 0 heterocycles. The Labute approximate surface area is 98.4 Å². The van der Waals surface area contributed by atoms with E-state index in [9.17, 15) is 0 Å². The van der Waals surface area contributed by atoms with Gasteiger partial charge in [-0.15, -0.1) is 0 Å². The van der Waals surface area contributed by atoms with E-state index in [0.29, 0.717) is 0 Å². The zero-order valence-electron chi connectivity index (χ0n) is 8.33. The van der Waals surface area contributed by atoms with E-state index in [0.717, 1.165) is 18.8 Å². The number of anilines is 1. The van der Waals surface area contributed by atoms with Gasteiger partial charge in [0.25, 0.3) is 0 Å². The first kappa shape index (κ1) is 15.3. The normalized spacial score (nSPS) is 7.85. The Morgan fingerprint density at radius 3 is 1.69 bits per heavy atom. The van der Waals surface area contributed by atoms with Crippen LogP contribution in [0.15, 0.2) is 30.3 Å². The summed E-state index contributed by atoms with van der Waals surface area (Å²) in [4.78, 5) is 0. The van der Waals surface area contributed by atoms with Crippen molar-refractivity contribution >= 4 is 30.1 Å². The van der Waals surface area contributed by atoms with Crippen molar-refractivity contribution in [1.29, 1.82) is 0 Å². The Bertz CT molecular complexity index is 176. The van der Waals surface area contributed by atoms with Crippen molar-refractivity contribution in [3.05, 3.63) is 30.3 Å². The first-order valence-corrected chi connectivity index (χ1v) is 4.32. The molecule has 2 nitrogen and oxygen atoms in total. The molecular weight excluding hydrogens is 270 g/mol. The summed E-state index contributed by atoms with van der Waals surface area (Å²) in [5.41, 5.74) is 6.18. The maximum absolute atomic E-state index is 5.36. The maximum Gasteiger partial charge on any atom is 0.0313 e. The van der Waals surface area contributed by atoms with E-state index in [1.807, 2.05) is 30.3 Å².